The van der Waals surface area contributed by atoms with E-state index in [2.05, 4.69) is 15.0 Å². The fourth-order valence-corrected chi connectivity index (χ4v) is 0.495. The zero-order valence-electron chi connectivity index (χ0n) is 9.58. The molecular formula is C8H16N6O3. The zero-order chi connectivity index (χ0) is 13.6. The van der Waals surface area contributed by atoms with Crippen molar-refractivity contribution in [2.75, 3.05) is 23.8 Å². The van der Waals surface area contributed by atoms with E-state index < -0.39 is 11.4 Å². The van der Waals surface area contributed by atoms with Crippen molar-refractivity contribution in [3.05, 3.63) is 0 Å². The van der Waals surface area contributed by atoms with E-state index in [0.717, 1.165) is 0 Å². The van der Waals surface area contributed by atoms with E-state index in [1.807, 2.05) is 0 Å². The van der Waals surface area contributed by atoms with Crippen LogP contribution < -0.4 is 17.2 Å². The first kappa shape index (κ1) is 14.8. The molecule has 9 heteroatoms. The number of aliphatic hydroxyl groups excluding tert-OH is 1. The highest BCUT2D eigenvalue weighted by Gasteiger charge is 2.25. The number of nitrogens with two attached hydrogens (primary N) is 3. The van der Waals surface area contributed by atoms with E-state index in [1.54, 1.807) is 0 Å². The van der Waals surface area contributed by atoms with Crippen molar-refractivity contribution in [2.45, 2.75) is 13.8 Å². The molecule has 0 aliphatic heterocycles. The topological polar surface area (TPSA) is 174 Å². The van der Waals surface area contributed by atoms with Gasteiger partial charge in [-0.1, -0.05) is 0 Å². The summed E-state index contributed by atoms with van der Waals surface area (Å²) in [6, 6.07) is 0. The van der Waals surface area contributed by atoms with Crippen LogP contribution in [0.1, 0.15) is 13.8 Å². The lowest BCUT2D eigenvalue weighted by Gasteiger charge is -2.13. The highest BCUT2D eigenvalue weighted by atomic mass is 16.4. The van der Waals surface area contributed by atoms with Gasteiger partial charge in [0.1, 0.15) is 0 Å². The molecule has 1 aromatic heterocycles. The van der Waals surface area contributed by atoms with Gasteiger partial charge in [0.2, 0.25) is 17.8 Å². The molecule has 0 aromatic carbocycles. The van der Waals surface area contributed by atoms with Gasteiger partial charge in [-0.2, -0.15) is 15.0 Å². The van der Waals surface area contributed by atoms with Gasteiger partial charge >= 0.3 is 5.97 Å². The molecule has 0 aliphatic rings. The highest BCUT2D eigenvalue weighted by Crippen LogP contribution is 2.12. The molecule has 0 fully saturated rings. The van der Waals surface area contributed by atoms with Gasteiger partial charge in [0.15, 0.2) is 0 Å². The molecule has 96 valence electrons. The summed E-state index contributed by atoms with van der Waals surface area (Å²) in [5.41, 5.74) is 14.4. The number of aliphatic carboxylic acids is 1. The summed E-state index contributed by atoms with van der Waals surface area (Å²) in [4.78, 5) is 20.6. The molecule has 0 saturated carbocycles. The average Bonchev–Trinajstić information content (AvgIpc) is 2.16. The van der Waals surface area contributed by atoms with Crippen molar-refractivity contribution < 1.29 is 15.0 Å². The summed E-state index contributed by atoms with van der Waals surface area (Å²) in [5.74, 6) is -0.847. The maximum Gasteiger partial charge on any atom is 0.311 e. The Morgan fingerprint density at radius 2 is 1.41 bits per heavy atom. The first-order chi connectivity index (χ1) is 7.69. The van der Waals surface area contributed by atoms with Gasteiger partial charge < -0.3 is 27.4 Å². The van der Waals surface area contributed by atoms with Crippen LogP contribution in [0.5, 0.6) is 0 Å². The number of aromatic nitrogens is 3. The van der Waals surface area contributed by atoms with Gasteiger partial charge in [-0.3, -0.25) is 4.79 Å². The molecule has 0 atom stereocenters. The van der Waals surface area contributed by atoms with Gasteiger partial charge in [-0.05, 0) is 13.8 Å². The predicted octanol–water partition coefficient (Wildman–Crippen LogP) is -1.29. The largest absolute Gasteiger partial charge is 0.481 e. The molecule has 17 heavy (non-hydrogen) atoms. The number of hydrogen-bond acceptors (Lipinski definition) is 8. The van der Waals surface area contributed by atoms with Gasteiger partial charge in [0.25, 0.3) is 0 Å². The molecule has 0 aliphatic carbocycles. The van der Waals surface area contributed by atoms with Crippen LogP contribution in [0.2, 0.25) is 0 Å². The molecule has 1 rings (SSSR count). The summed E-state index contributed by atoms with van der Waals surface area (Å²) in [7, 11) is 0. The summed E-state index contributed by atoms with van der Waals surface area (Å²) < 4.78 is 0. The molecule has 0 radical (unpaired) electrons. The standard InChI is InChI=1S/C5H10O3.C3H6N6/c1-5(2,3-6)4(7)8;4-1-7-2(5)9-3(6)8-1/h6H,3H2,1-2H3,(H,7,8);(H6,4,5,6,7,8,9). The van der Waals surface area contributed by atoms with E-state index >= 15 is 0 Å². The Balaban J connectivity index is 0.000000304. The highest BCUT2D eigenvalue weighted by molar-refractivity contribution is 5.73. The molecule has 9 nitrogen and oxygen atoms in total. The molecule has 0 amide bonds. The maximum absolute atomic E-state index is 10.1. The smallest absolute Gasteiger partial charge is 0.311 e. The number of rotatable bonds is 2. The summed E-state index contributed by atoms with van der Waals surface area (Å²) in [5, 5.41) is 16.7. The number of nitrogen functional groups attached to an aromatic ring is 3. The molecule has 8 N–H and O–H groups in total. The maximum atomic E-state index is 10.1. The fourth-order valence-electron chi connectivity index (χ4n) is 0.495. The number of aliphatic hydroxyl groups is 1. The van der Waals surface area contributed by atoms with Crippen LogP contribution in [0.3, 0.4) is 0 Å². The monoisotopic (exact) mass is 244 g/mol. The second kappa shape index (κ2) is 5.80. The number of carboxylic acid groups (broad SMARTS) is 1. The van der Waals surface area contributed by atoms with Crippen molar-refractivity contribution in [2.24, 2.45) is 5.41 Å². The lowest BCUT2D eigenvalue weighted by Crippen LogP contribution is -2.27. The van der Waals surface area contributed by atoms with Gasteiger partial charge in [-0.15, -0.1) is 0 Å². The normalized spacial score (nSPS) is 10.3. The van der Waals surface area contributed by atoms with Crippen molar-refractivity contribution in [3.8, 4) is 0 Å². The Labute approximate surface area is 97.7 Å². The zero-order valence-corrected chi connectivity index (χ0v) is 9.58. The third-order valence-electron chi connectivity index (χ3n) is 1.66. The third-order valence-corrected chi connectivity index (χ3v) is 1.66. The van der Waals surface area contributed by atoms with Gasteiger partial charge in [0.05, 0.1) is 12.0 Å². The van der Waals surface area contributed by atoms with Crippen LogP contribution in [0, 0.1) is 5.41 Å². The Kier molecular flexibility index (Phi) is 5.06. The number of carboxylic acids is 1. The molecule has 0 saturated heterocycles. The molecule has 0 spiro atoms. The Morgan fingerprint density at radius 1 is 1.12 bits per heavy atom. The van der Waals surface area contributed by atoms with E-state index in [4.69, 9.17) is 27.4 Å². The number of hydrogen-bond donors (Lipinski definition) is 5. The van der Waals surface area contributed by atoms with Gasteiger partial charge in [-0.25, -0.2) is 0 Å². The Morgan fingerprint density at radius 3 is 1.53 bits per heavy atom. The Bertz CT molecular complexity index is 344. The van der Waals surface area contributed by atoms with Gasteiger partial charge in [0, 0.05) is 0 Å². The van der Waals surface area contributed by atoms with Crippen molar-refractivity contribution in [1.29, 1.82) is 0 Å². The lowest BCUT2D eigenvalue weighted by molar-refractivity contribution is -0.148. The minimum Gasteiger partial charge on any atom is -0.481 e. The first-order valence-electron chi connectivity index (χ1n) is 4.56. The van der Waals surface area contributed by atoms with Crippen LogP contribution in [0.25, 0.3) is 0 Å². The molecule has 0 bridgehead atoms. The van der Waals surface area contributed by atoms with E-state index in [1.165, 1.54) is 13.8 Å². The second-order valence-corrected chi connectivity index (χ2v) is 3.76. The van der Waals surface area contributed by atoms with Crippen LogP contribution in [0.4, 0.5) is 17.8 Å². The number of carbonyl (C=O) groups is 1. The summed E-state index contributed by atoms with van der Waals surface area (Å²) >= 11 is 0. The second-order valence-electron chi connectivity index (χ2n) is 3.76. The minimum atomic E-state index is -0.986. The van der Waals surface area contributed by atoms with Crippen LogP contribution in [-0.2, 0) is 4.79 Å². The summed E-state index contributed by atoms with van der Waals surface area (Å²) in [6.07, 6.45) is 0. The van der Waals surface area contributed by atoms with Crippen LogP contribution in [-0.4, -0.2) is 37.7 Å². The molecular weight excluding hydrogens is 228 g/mol. The van der Waals surface area contributed by atoms with Crippen molar-refractivity contribution in [3.63, 3.8) is 0 Å². The minimum absolute atomic E-state index is 0.0417. The molecule has 1 heterocycles. The predicted molar refractivity (Wildman–Crippen MR) is 61.6 cm³/mol. The SMILES string of the molecule is CC(C)(CO)C(=O)O.Nc1nc(N)nc(N)n1. The van der Waals surface area contributed by atoms with E-state index in [9.17, 15) is 4.79 Å². The fraction of sp³-hybridized carbons (Fsp3) is 0.500. The first-order valence-corrected chi connectivity index (χ1v) is 4.56. The quantitative estimate of drug-likeness (QED) is 0.423. The van der Waals surface area contributed by atoms with Crippen LogP contribution in [0.15, 0.2) is 0 Å². The average molecular weight is 244 g/mol. The van der Waals surface area contributed by atoms with E-state index in [0.29, 0.717) is 0 Å². The van der Waals surface area contributed by atoms with Crippen molar-refractivity contribution in [1.82, 2.24) is 15.0 Å². The summed E-state index contributed by atoms with van der Waals surface area (Å²) in [6.45, 7) is 2.62. The number of anilines is 3. The molecule has 1 aromatic rings. The van der Waals surface area contributed by atoms with E-state index in [-0.39, 0.29) is 24.5 Å². The lowest BCUT2D eigenvalue weighted by atomic mass is 9.96. The van der Waals surface area contributed by atoms with Crippen molar-refractivity contribution >= 4 is 23.8 Å². The third kappa shape index (κ3) is 5.47. The number of nitrogens with zero attached hydrogens (tertiary/aromatic N) is 3. The van der Waals surface area contributed by atoms with Crippen LogP contribution >= 0.6 is 0 Å². The Hall–Kier alpha value is -2.16. The molecule has 0 unspecified atom stereocenters.